The van der Waals surface area contributed by atoms with Crippen LogP contribution in [-0.2, 0) is 4.79 Å². The summed E-state index contributed by atoms with van der Waals surface area (Å²) in [7, 11) is 0. The number of nitrogens with two attached hydrogens (primary N) is 1. The van der Waals surface area contributed by atoms with E-state index in [2.05, 4.69) is 5.10 Å². The van der Waals surface area contributed by atoms with Gasteiger partial charge in [0, 0.05) is 37.5 Å². The Kier molecular flexibility index (Phi) is 4.87. The average Bonchev–Trinajstić information content (AvgIpc) is 3.36. The van der Waals surface area contributed by atoms with Crippen molar-refractivity contribution in [2.45, 2.75) is 12.8 Å². The van der Waals surface area contributed by atoms with Gasteiger partial charge in [0.1, 0.15) is 17.2 Å². The van der Waals surface area contributed by atoms with Gasteiger partial charge in [0.15, 0.2) is 5.82 Å². The first-order valence-electron chi connectivity index (χ1n) is 9.20. The second-order valence-corrected chi connectivity index (χ2v) is 6.98. The third-order valence-corrected chi connectivity index (χ3v) is 5.10. The summed E-state index contributed by atoms with van der Waals surface area (Å²) in [6.07, 6.45) is 5.84. The van der Waals surface area contributed by atoms with Gasteiger partial charge in [-0.25, -0.2) is 13.5 Å². The lowest BCUT2D eigenvalue weighted by Crippen LogP contribution is -2.41. The molecule has 0 radical (unpaired) electrons. The van der Waals surface area contributed by atoms with Gasteiger partial charge in [-0.15, -0.1) is 0 Å². The third kappa shape index (κ3) is 3.63. The Balaban J connectivity index is 1.72. The Morgan fingerprint density at radius 3 is 2.24 bits per heavy atom. The van der Waals surface area contributed by atoms with E-state index < -0.39 is 11.6 Å². The zero-order valence-corrected chi connectivity index (χ0v) is 15.5. The molecular weight excluding hydrogens is 380 g/mol. The van der Waals surface area contributed by atoms with Crippen molar-refractivity contribution < 1.29 is 18.4 Å². The van der Waals surface area contributed by atoms with Gasteiger partial charge in [0.05, 0.1) is 11.9 Å². The normalized spacial score (nSPS) is 14.9. The third-order valence-electron chi connectivity index (χ3n) is 5.10. The Morgan fingerprint density at radius 1 is 1.03 bits per heavy atom. The Labute approximate surface area is 165 Å². The highest BCUT2D eigenvalue weighted by Gasteiger charge is 2.29. The van der Waals surface area contributed by atoms with Gasteiger partial charge in [0.2, 0.25) is 5.91 Å². The molecule has 1 aliphatic rings. The highest BCUT2D eigenvalue weighted by atomic mass is 19.1. The van der Waals surface area contributed by atoms with Gasteiger partial charge >= 0.3 is 0 Å². The smallest absolute Gasteiger partial charge is 0.259 e. The van der Waals surface area contributed by atoms with Gasteiger partial charge in [-0.1, -0.05) is 0 Å². The van der Waals surface area contributed by atoms with E-state index in [0.717, 1.165) is 18.2 Å². The Bertz CT molecular complexity index is 1030. The first-order chi connectivity index (χ1) is 13.9. The SMILES string of the molecule is NC(=O)C1CCN(C(=O)c2cnn(-c3cc(F)cc(F)c3)c2-n2cccc2)CC1. The second kappa shape index (κ2) is 7.50. The molecule has 0 spiro atoms. The summed E-state index contributed by atoms with van der Waals surface area (Å²) < 4.78 is 30.5. The summed E-state index contributed by atoms with van der Waals surface area (Å²) >= 11 is 0. The maximum Gasteiger partial charge on any atom is 0.259 e. The van der Waals surface area contributed by atoms with Crippen LogP contribution in [-0.4, -0.2) is 44.2 Å². The van der Waals surface area contributed by atoms with Crippen molar-refractivity contribution >= 4 is 11.8 Å². The number of amides is 2. The molecule has 0 saturated carbocycles. The van der Waals surface area contributed by atoms with Gasteiger partial charge in [-0.2, -0.15) is 5.10 Å². The fourth-order valence-corrected chi connectivity index (χ4v) is 3.60. The van der Waals surface area contributed by atoms with Crippen LogP contribution in [0.1, 0.15) is 23.2 Å². The van der Waals surface area contributed by atoms with E-state index in [1.165, 1.54) is 10.9 Å². The Morgan fingerprint density at radius 2 is 1.66 bits per heavy atom. The predicted octanol–water partition coefficient (Wildman–Crippen LogP) is 2.28. The zero-order valence-electron chi connectivity index (χ0n) is 15.5. The maximum absolute atomic E-state index is 13.7. The van der Waals surface area contributed by atoms with Crippen molar-refractivity contribution in [3.63, 3.8) is 0 Å². The summed E-state index contributed by atoms with van der Waals surface area (Å²) in [6, 6.07) is 6.62. The number of piperidine rings is 1. The molecule has 3 aromatic rings. The molecule has 2 amide bonds. The number of nitrogens with zero attached hydrogens (tertiary/aromatic N) is 4. The minimum atomic E-state index is -0.740. The maximum atomic E-state index is 13.7. The molecule has 3 heterocycles. The molecule has 2 aromatic heterocycles. The lowest BCUT2D eigenvalue weighted by molar-refractivity contribution is -0.123. The topological polar surface area (TPSA) is 86.2 Å². The summed E-state index contributed by atoms with van der Waals surface area (Å²) in [5.41, 5.74) is 5.82. The van der Waals surface area contributed by atoms with Crippen LogP contribution < -0.4 is 5.73 Å². The molecule has 150 valence electrons. The first-order valence-corrected chi connectivity index (χ1v) is 9.20. The van der Waals surface area contributed by atoms with E-state index in [-0.39, 0.29) is 23.4 Å². The van der Waals surface area contributed by atoms with E-state index >= 15 is 0 Å². The van der Waals surface area contributed by atoms with Gasteiger partial charge < -0.3 is 15.2 Å². The van der Waals surface area contributed by atoms with E-state index in [1.54, 1.807) is 34.0 Å². The molecule has 0 bridgehead atoms. The first kappa shape index (κ1) is 18.9. The average molecular weight is 399 g/mol. The molecule has 0 aliphatic carbocycles. The standard InChI is InChI=1S/C20H19F2N5O2/c21-14-9-15(22)11-16(10-14)27-19(25-5-1-2-6-25)17(12-24-27)20(29)26-7-3-13(4-8-26)18(23)28/h1-2,5-6,9-13H,3-4,7-8H2,(H2,23,28). The molecule has 2 N–H and O–H groups in total. The molecule has 7 nitrogen and oxygen atoms in total. The fraction of sp³-hybridized carbons (Fsp3) is 0.250. The monoisotopic (exact) mass is 399 g/mol. The van der Waals surface area contributed by atoms with Crippen LogP contribution in [0.5, 0.6) is 0 Å². The van der Waals surface area contributed by atoms with E-state index in [9.17, 15) is 18.4 Å². The number of primary amides is 1. The van der Waals surface area contributed by atoms with Crippen LogP contribution in [0.15, 0.2) is 48.9 Å². The molecule has 1 saturated heterocycles. The van der Waals surface area contributed by atoms with Gasteiger partial charge in [-0.05, 0) is 37.1 Å². The zero-order chi connectivity index (χ0) is 20.5. The van der Waals surface area contributed by atoms with E-state index in [1.807, 2.05) is 0 Å². The summed E-state index contributed by atoms with van der Waals surface area (Å²) in [5, 5.41) is 4.22. The van der Waals surface area contributed by atoms with Crippen molar-refractivity contribution in [1.82, 2.24) is 19.2 Å². The van der Waals surface area contributed by atoms with Crippen molar-refractivity contribution in [2.24, 2.45) is 11.7 Å². The van der Waals surface area contributed by atoms with Crippen LogP contribution in [0.25, 0.3) is 11.5 Å². The molecule has 9 heteroatoms. The highest BCUT2D eigenvalue weighted by molar-refractivity contribution is 5.97. The predicted molar refractivity (Wildman–Crippen MR) is 101 cm³/mol. The van der Waals surface area contributed by atoms with E-state index in [4.69, 9.17) is 5.73 Å². The summed E-state index contributed by atoms with van der Waals surface area (Å²) in [5.74, 6) is -1.96. The van der Waals surface area contributed by atoms with E-state index in [0.29, 0.717) is 37.3 Å². The molecule has 0 unspecified atom stereocenters. The Hall–Kier alpha value is -3.49. The lowest BCUT2D eigenvalue weighted by Gasteiger charge is -2.30. The number of hydrogen-bond donors (Lipinski definition) is 1. The molecule has 1 aromatic carbocycles. The van der Waals surface area contributed by atoms with Crippen molar-refractivity contribution in [2.75, 3.05) is 13.1 Å². The number of carbonyl (C=O) groups is 2. The van der Waals surface area contributed by atoms with Gasteiger partial charge in [0.25, 0.3) is 5.91 Å². The largest absolute Gasteiger partial charge is 0.369 e. The number of rotatable bonds is 4. The highest BCUT2D eigenvalue weighted by Crippen LogP contribution is 2.25. The number of benzene rings is 1. The summed E-state index contributed by atoms with van der Waals surface area (Å²) in [4.78, 5) is 26.2. The molecule has 1 fully saturated rings. The van der Waals surface area contributed by atoms with Crippen LogP contribution in [0.3, 0.4) is 0 Å². The molecule has 4 rings (SSSR count). The second-order valence-electron chi connectivity index (χ2n) is 6.98. The molecule has 29 heavy (non-hydrogen) atoms. The number of aromatic nitrogens is 3. The van der Waals surface area contributed by atoms with Crippen molar-refractivity contribution in [3.8, 4) is 11.5 Å². The number of carbonyl (C=O) groups excluding carboxylic acids is 2. The van der Waals surface area contributed by atoms with Crippen LogP contribution >= 0.6 is 0 Å². The lowest BCUT2D eigenvalue weighted by atomic mass is 9.96. The minimum absolute atomic E-state index is 0.165. The van der Waals surface area contributed by atoms with Crippen LogP contribution in [0.4, 0.5) is 8.78 Å². The number of likely N-dealkylation sites (tertiary alicyclic amines) is 1. The molecule has 1 aliphatic heterocycles. The number of hydrogen-bond acceptors (Lipinski definition) is 3. The minimum Gasteiger partial charge on any atom is -0.369 e. The van der Waals surface area contributed by atoms with Gasteiger partial charge in [-0.3, -0.25) is 9.59 Å². The fourth-order valence-electron chi connectivity index (χ4n) is 3.60. The molecule has 0 atom stereocenters. The molecular formula is C20H19F2N5O2. The van der Waals surface area contributed by atoms with Crippen molar-refractivity contribution in [3.05, 3.63) is 66.1 Å². The quantitative estimate of drug-likeness (QED) is 0.730. The van der Waals surface area contributed by atoms with Crippen LogP contribution in [0.2, 0.25) is 0 Å². The van der Waals surface area contributed by atoms with Crippen molar-refractivity contribution in [1.29, 1.82) is 0 Å². The van der Waals surface area contributed by atoms with Crippen LogP contribution in [0, 0.1) is 17.6 Å². The summed E-state index contributed by atoms with van der Waals surface area (Å²) in [6.45, 7) is 0.800. The number of halogens is 2.